The van der Waals surface area contributed by atoms with E-state index >= 15 is 0 Å². The van der Waals surface area contributed by atoms with Crippen LogP contribution < -0.4 is 5.32 Å². The smallest absolute Gasteiger partial charge is 0.109 e. The number of aryl methyl sites for hydroxylation is 1. The highest BCUT2D eigenvalue weighted by Crippen LogP contribution is 2.04. The SMILES string of the molecule is Cn1ccnc1CCNCCC(C)(C)O. The Hall–Kier alpha value is -0.870. The number of imidazole rings is 1. The summed E-state index contributed by atoms with van der Waals surface area (Å²) in [5, 5.41) is 12.8. The van der Waals surface area contributed by atoms with Gasteiger partial charge in [0, 0.05) is 32.4 Å². The molecule has 0 aromatic carbocycles. The van der Waals surface area contributed by atoms with E-state index in [1.165, 1.54) is 0 Å². The third kappa shape index (κ3) is 4.95. The Balaban J connectivity index is 2.10. The topological polar surface area (TPSA) is 50.1 Å². The molecule has 15 heavy (non-hydrogen) atoms. The van der Waals surface area contributed by atoms with Crippen LogP contribution in [-0.2, 0) is 13.5 Å². The second kappa shape index (κ2) is 5.28. The summed E-state index contributed by atoms with van der Waals surface area (Å²) >= 11 is 0. The molecule has 4 nitrogen and oxygen atoms in total. The second-order valence-electron chi connectivity index (χ2n) is 4.52. The minimum Gasteiger partial charge on any atom is -0.390 e. The minimum absolute atomic E-state index is 0.573. The monoisotopic (exact) mass is 211 g/mol. The molecular weight excluding hydrogens is 190 g/mol. The van der Waals surface area contributed by atoms with E-state index in [1.54, 1.807) is 0 Å². The number of aliphatic hydroxyl groups is 1. The van der Waals surface area contributed by atoms with Crippen LogP contribution in [0.4, 0.5) is 0 Å². The molecule has 0 spiro atoms. The summed E-state index contributed by atoms with van der Waals surface area (Å²) in [6, 6.07) is 0. The average Bonchev–Trinajstić information content (AvgIpc) is 2.49. The molecule has 1 aromatic rings. The Kier molecular flexibility index (Phi) is 4.29. The van der Waals surface area contributed by atoms with Gasteiger partial charge in [0.05, 0.1) is 5.60 Å². The van der Waals surface area contributed by atoms with Gasteiger partial charge in [-0.05, 0) is 26.8 Å². The van der Waals surface area contributed by atoms with Crippen molar-refractivity contribution in [2.24, 2.45) is 7.05 Å². The van der Waals surface area contributed by atoms with Crippen LogP contribution in [-0.4, -0.2) is 33.3 Å². The van der Waals surface area contributed by atoms with E-state index < -0.39 is 5.60 Å². The van der Waals surface area contributed by atoms with Crippen LogP contribution in [0.5, 0.6) is 0 Å². The summed E-state index contributed by atoms with van der Waals surface area (Å²) in [6.07, 6.45) is 5.46. The normalized spacial score (nSPS) is 12.0. The predicted molar refractivity (Wildman–Crippen MR) is 60.7 cm³/mol. The maximum Gasteiger partial charge on any atom is 0.109 e. The zero-order chi connectivity index (χ0) is 11.3. The van der Waals surface area contributed by atoms with Gasteiger partial charge in [0.2, 0.25) is 0 Å². The molecule has 0 fully saturated rings. The molecule has 0 amide bonds. The lowest BCUT2D eigenvalue weighted by Crippen LogP contribution is -2.28. The third-order valence-electron chi connectivity index (χ3n) is 2.36. The van der Waals surface area contributed by atoms with E-state index in [0.717, 1.165) is 31.8 Å². The number of nitrogens with one attached hydrogen (secondary N) is 1. The number of nitrogens with zero attached hydrogens (tertiary/aromatic N) is 2. The maximum atomic E-state index is 9.49. The molecule has 86 valence electrons. The largest absolute Gasteiger partial charge is 0.390 e. The Morgan fingerprint density at radius 3 is 2.73 bits per heavy atom. The van der Waals surface area contributed by atoms with Gasteiger partial charge in [-0.15, -0.1) is 0 Å². The predicted octanol–water partition coefficient (Wildman–Crippen LogP) is 0.713. The molecule has 0 aliphatic carbocycles. The fourth-order valence-electron chi connectivity index (χ4n) is 1.36. The molecule has 0 radical (unpaired) electrons. The molecule has 0 bridgehead atoms. The number of hydrogen-bond donors (Lipinski definition) is 2. The van der Waals surface area contributed by atoms with Gasteiger partial charge in [0.25, 0.3) is 0 Å². The summed E-state index contributed by atoms with van der Waals surface area (Å²) in [5.41, 5.74) is -0.573. The number of rotatable bonds is 6. The van der Waals surface area contributed by atoms with Crippen molar-refractivity contribution in [3.63, 3.8) is 0 Å². The fourth-order valence-corrected chi connectivity index (χ4v) is 1.36. The molecule has 0 saturated heterocycles. The summed E-state index contributed by atoms with van der Waals surface area (Å²) in [7, 11) is 2.00. The van der Waals surface area contributed by atoms with Gasteiger partial charge in [0.1, 0.15) is 5.82 Å². The summed E-state index contributed by atoms with van der Waals surface area (Å²) in [5.74, 6) is 1.09. The van der Waals surface area contributed by atoms with Crippen molar-refractivity contribution in [1.82, 2.24) is 14.9 Å². The zero-order valence-electron chi connectivity index (χ0n) is 9.82. The molecule has 1 rings (SSSR count). The second-order valence-corrected chi connectivity index (χ2v) is 4.52. The maximum absolute atomic E-state index is 9.49. The summed E-state index contributed by atoms with van der Waals surface area (Å²) < 4.78 is 2.03. The van der Waals surface area contributed by atoms with Crippen LogP contribution in [0.2, 0.25) is 0 Å². The molecule has 1 aromatic heterocycles. The Morgan fingerprint density at radius 1 is 1.47 bits per heavy atom. The van der Waals surface area contributed by atoms with Crippen molar-refractivity contribution >= 4 is 0 Å². The minimum atomic E-state index is -0.573. The van der Waals surface area contributed by atoms with Gasteiger partial charge >= 0.3 is 0 Å². The van der Waals surface area contributed by atoms with Gasteiger partial charge in [-0.2, -0.15) is 0 Å². The first-order chi connectivity index (χ1) is 6.99. The van der Waals surface area contributed by atoms with Crippen molar-refractivity contribution in [2.45, 2.75) is 32.3 Å². The molecule has 2 N–H and O–H groups in total. The van der Waals surface area contributed by atoms with E-state index in [0.29, 0.717) is 0 Å². The van der Waals surface area contributed by atoms with Crippen LogP contribution >= 0.6 is 0 Å². The molecule has 1 heterocycles. The molecule has 0 unspecified atom stereocenters. The highest BCUT2D eigenvalue weighted by atomic mass is 16.3. The molecule has 0 aliphatic rings. The molecular formula is C11H21N3O. The van der Waals surface area contributed by atoms with Crippen molar-refractivity contribution < 1.29 is 5.11 Å². The van der Waals surface area contributed by atoms with E-state index in [1.807, 2.05) is 37.9 Å². The van der Waals surface area contributed by atoms with Gasteiger partial charge < -0.3 is 15.0 Å². The van der Waals surface area contributed by atoms with E-state index in [4.69, 9.17) is 0 Å². The highest BCUT2D eigenvalue weighted by molar-refractivity contribution is 4.91. The van der Waals surface area contributed by atoms with Gasteiger partial charge in [-0.25, -0.2) is 4.98 Å². The van der Waals surface area contributed by atoms with Crippen LogP contribution in [0.1, 0.15) is 26.1 Å². The van der Waals surface area contributed by atoms with E-state index in [9.17, 15) is 5.11 Å². The van der Waals surface area contributed by atoms with Gasteiger partial charge in [-0.3, -0.25) is 0 Å². The van der Waals surface area contributed by atoms with Crippen LogP contribution in [0.15, 0.2) is 12.4 Å². The van der Waals surface area contributed by atoms with Crippen molar-refractivity contribution in [2.75, 3.05) is 13.1 Å². The fraction of sp³-hybridized carbons (Fsp3) is 0.727. The molecule has 4 heteroatoms. The first-order valence-electron chi connectivity index (χ1n) is 5.38. The first-order valence-corrected chi connectivity index (χ1v) is 5.38. The first kappa shape index (κ1) is 12.2. The van der Waals surface area contributed by atoms with Crippen molar-refractivity contribution in [3.05, 3.63) is 18.2 Å². The van der Waals surface area contributed by atoms with Gasteiger partial charge in [-0.1, -0.05) is 0 Å². The van der Waals surface area contributed by atoms with Crippen LogP contribution in [0, 0.1) is 0 Å². The Labute approximate surface area is 91.3 Å². The Morgan fingerprint density at radius 2 is 2.20 bits per heavy atom. The summed E-state index contributed by atoms with van der Waals surface area (Å²) in [4.78, 5) is 4.24. The zero-order valence-corrected chi connectivity index (χ0v) is 9.82. The highest BCUT2D eigenvalue weighted by Gasteiger charge is 2.10. The Bertz CT molecular complexity index is 288. The lowest BCUT2D eigenvalue weighted by atomic mass is 10.1. The van der Waals surface area contributed by atoms with Crippen molar-refractivity contribution in [1.29, 1.82) is 0 Å². The molecule has 0 aliphatic heterocycles. The summed E-state index contributed by atoms with van der Waals surface area (Å²) in [6.45, 7) is 5.40. The quantitative estimate of drug-likeness (QED) is 0.681. The van der Waals surface area contributed by atoms with E-state index in [2.05, 4.69) is 10.3 Å². The van der Waals surface area contributed by atoms with Gasteiger partial charge in [0.15, 0.2) is 0 Å². The number of hydrogen-bond acceptors (Lipinski definition) is 3. The van der Waals surface area contributed by atoms with Crippen LogP contribution in [0.3, 0.4) is 0 Å². The van der Waals surface area contributed by atoms with Crippen molar-refractivity contribution in [3.8, 4) is 0 Å². The lowest BCUT2D eigenvalue weighted by molar-refractivity contribution is 0.0713. The molecule has 0 saturated carbocycles. The van der Waals surface area contributed by atoms with Crippen LogP contribution in [0.25, 0.3) is 0 Å². The average molecular weight is 211 g/mol. The number of aromatic nitrogens is 2. The van der Waals surface area contributed by atoms with E-state index in [-0.39, 0.29) is 0 Å². The third-order valence-corrected chi connectivity index (χ3v) is 2.36. The molecule has 0 atom stereocenters. The lowest BCUT2D eigenvalue weighted by Gasteiger charge is -2.16. The standard InChI is InChI=1S/C11H21N3O/c1-11(2,15)5-7-12-6-4-10-13-8-9-14(10)3/h8-9,12,15H,4-7H2,1-3H3.